The summed E-state index contributed by atoms with van der Waals surface area (Å²) in [4.78, 5) is 29.9. The van der Waals surface area contributed by atoms with Gasteiger partial charge in [-0.1, -0.05) is 36.4 Å². The van der Waals surface area contributed by atoms with Crippen molar-refractivity contribution in [1.82, 2.24) is 14.9 Å². The summed E-state index contributed by atoms with van der Waals surface area (Å²) in [5.74, 6) is -0.663. The second-order valence-electron chi connectivity index (χ2n) is 6.26. The molecule has 0 bridgehead atoms. The number of rotatable bonds is 4. The van der Waals surface area contributed by atoms with Gasteiger partial charge in [-0.3, -0.25) is 14.2 Å². The molecule has 0 atom stereocenters. The first-order chi connectivity index (χ1) is 13.6. The molecule has 0 aliphatic rings. The Morgan fingerprint density at radius 3 is 2.50 bits per heavy atom. The van der Waals surface area contributed by atoms with E-state index in [1.165, 1.54) is 23.0 Å². The molecule has 0 fully saturated rings. The third-order valence-corrected chi connectivity index (χ3v) is 4.44. The SMILES string of the molecule is O=C(NCc1ccc(F)cc1)c1ccccc1-n1cnc2ccccc2c1=O. The van der Waals surface area contributed by atoms with Crippen molar-refractivity contribution in [1.29, 1.82) is 0 Å². The van der Waals surface area contributed by atoms with Crippen molar-refractivity contribution in [2.45, 2.75) is 6.54 Å². The van der Waals surface area contributed by atoms with Gasteiger partial charge in [0, 0.05) is 6.54 Å². The standard InChI is InChI=1S/C22H16FN3O2/c23-16-11-9-15(10-12-16)13-24-21(27)18-6-2-4-8-20(18)26-14-25-19-7-3-1-5-17(19)22(26)28/h1-12,14H,13H2,(H,24,27). The predicted molar refractivity (Wildman–Crippen MR) is 105 cm³/mol. The molecule has 28 heavy (non-hydrogen) atoms. The average molecular weight is 373 g/mol. The summed E-state index contributed by atoms with van der Waals surface area (Å²) in [5, 5.41) is 3.28. The van der Waals surface area contributed by atoms with E-state index in [2.05, 4.69) is 10.3 Å². The first-order valence-electron chi connectivity index (χ1n) is 8.72. The van der Waals surface area contributed by atoms with Gasteiger partial charge in [0.1, 0.15) is 12.1 Å². The molecular formula is C22H16FN3O2. The number of benzene rings is 3. The molecule has 6 heteroatoms. The zero-order valence-electron chi connectivity index (χ0n) is 14.8. The lowest BCUT2D eigenvalue weighted by Gasteiger charge is -2.12. The molecule has 1 heterocycles. The van der Waals surface area contributed by atoms with Gasteiger partial charge in [0.15, 0.2) is 0 Å². The molecule has 0 saturated heterocycles. The first kappa shape index (κ1) is 17.6. The van der Waals surface area contributed by atoms with Crippen LogP contribution in [0.25, 0.3) is 16.6 Å². The molecule has 1 amide bonds. The summed E-state index contributed by atoms with van der Waals surface area (Å²) in [5.41, 5.74) is 1.93. The number of halogens is 1. The van der Waals surface area contributed by atoms with Crippen molar-refractivity contribution in [3.05, 3.63) is 106 Å². The number of nitrogens with zero attached hydrogens (tertiary/aromatic N) is 2. The van der Waals surface area contributed by atoms with Crippen LogP contribution < -0.4 is 10.9 Å². The molecule has 1 aromatic heterocycles. The molecule has 0 radical (unpaired) electrons. The number of hydrogen-bond donors (Lipinski definition) is 1. The van der Waals surface area contributed by atoms with E-state index in [1.54, 1.807) is 54.6 Å². The Labute approximate surface area is 160 Å². The fourth-order valence-electron chi connectivity index (χ4n) is 3.00. The van der Waals surface area contributed by atoms with Crippen LogP contribution in [0, 0.1) is 5.82 Å². The second kappa shape index (κ2) is 7.44. The Kier molecular flexibility index (Phi) is 4.68. The molecule has 138 valence electrons. The van der Waals surface area contributed by atoms with Crippen LogP contribution in [0.5, 0.6) is 0 Å². The lowest BCUT2D eigenvalue weighted by atomic mass is 10.1. The number of carbonyl (C=O) groups excluding carboxylic acids is 1. The van der Waals surface area contributed by atoms with Crippen LogP contribution in [0.1, 0.15) is 15.9 Å². The van der Waals surface area contributed by atoms with Crippen LogP contribution in [0.4, 0.5) is 4.39 Å². The minimum atomic E-state index is -0.333. The van der Waals surface area contributed by atoms with Crippen molar-refractivity contribution < 1.29 is 9.18 Å². The van der Waals surface area contributed by atoms with E-state index in [9.17, 15) is 14.0 Å². The predicted octanol–water partition coefficient (Wildman–Crippen LogP) is 3.45. The minimum absolute atomic E-state index is 0.246. The highest BCUT2D eigenvalue weighted by atomic mass is 19.1. The molecular weight excluding hydrogens is 357 g/mol. The van der Waals surface area contributed by atoms with Crippen molar-refractivity contribution >= 4 is 16.8 Å². The molecule has 3 aromatic carbocycles. The number of fused-ring (bicyclic) bond motifs is 1. The monoisotopic (exact) mass is 373 g/mol. The van der Waals surface area contributed by atoms with E-state index in [0.29, 0.717) is 22.2 Å². The Hall–Kier alpha value is -3.80. The zero-order valence-corrected chi connectivity index (χ0v) is 14.8. The summed E-state index contributed by atoms with van der Waals surface area (Å²) >= 11 is 0. The molecule has 0 unspecified atom stereocenters. The summed E-state index contributed by atoms with van der Waals surface area (Å²) in [6.07, 6.45) is 1.43. The van der Waals surface area contributed by atoms with Gasteiger partial charge in [-0.05, 0) is 42.0 Å². The summed E-state index contributed by atoms with van der Waals surface area (Å²) in [6.45, 7) is 0.248. The highest BCUT2D eigenvalue weighted by Gasteiger charge is 2.14. The maximum absolute atomic E-state index is 13.0. The van der Waals surface area contributed by atoms with Crippen LogP contribution in [0.2, 0.25) is 0 Å². The van der Waals surface area contributed by atoms with Crippen molar-refractivity contribution in [3.63, 3.8) is 0 Å². The number of para-hydroxylation sites is 2. The second-order valence-corrected chi connectivity index (χ2v) is 6.26. The molecule has 0 aliphatic heterocycles. The molecule has 0 spiro atoms. The van der Waals surface area contributed by atoms with Gasteiger partial charge in [-0.15, -0.1) is 0 Å². The van der Waals surface area contributed by atoms with E-state index in [0.717, 1.165) is 5.56 Å². The molecule has 0 aliphatic carbocycles. The van der Waals surface area contributed by atoms with Gasteiger partial charge in [0.2, 0.25) is 0 Å². The summed E-state index contributed by atoms with van der Waals surface area (Å²) < 4.78 is 14.4. The quantitative estimate of drug-likeness (QED) is 0.596. The maximum Gasteiger partial charge on any atom is 0.265 e. The average Bonchev–Trinajstić information content (AvgIpc) is 2.74. The van der Waals surface area contributed by atoms with Gasteiger partial charge in [0.25, 0.3) is 11.5 Å². The minimum Gasteiger partial charge on any atom is -0.348 e. The molecule has 1 N–H and O–H groups in total. The van der Waals surface area contributed by atoms with E-state index in [1.807, 2.05) is 6.07 Å². The van der Waals surface area contributed by atoms with Crippen LogP contribution in [-0.4, -0.2) is 15.5 Å². The van der Waals surface area contributed by atoms with Gasteiger partial charge < -0.3 is 5.32 Å². The van der Waals surface area contributed by atoms with Gasteiger partial charge in [-0.25, -0.2) is 9.37 Å². The van der Waals surface area contributed by atoms with E-state index in [4.69, 9.17) is 0 Å². The smallest absolute Gasteiger partial charge is 0.265 e. The third kappa shape index (κ3) is 3.40. The van der Waals surface area contributed by atoms with Gasteiger partial charge in [-0.2, -0.15) is 0 Å². The Morgan fingerprint density at radius 1 is 0.964 bits per heavy atom. The fourth-order valence-corrected chi connectivity index (χ4v) is 3.00. The fraction of sp³-hybridized carbons (Fsp3) is 0.0455. The molecule has 5 nitrogen and oxygen atoms in total. The Morgan fingerprint density at radius 2 is 1.68 bits per heavy atom. The highest BCUT2D eigenvalue weighted by Crippen LogP contribution is 2.15. The largest absolute Gasteiger partial charge is 0.348 e. The van der Waals surface area contributed by atoms with Gasteiger partial charge in [0.05, 0.1) is 22.2 Å². The van der Waals surface area contributed by atoms with E-state index < -0.39 is 0 Å². The topological polar surface area (TPSA) is 64.0 Å². The lowest BCUT2D eigenvalue weighted by Crippen LogP contribution is -2.27. The summed E-state index contributed by atoms with van der Waals surface area (Å²) in [7, 11) is 0. The van der Waals surface area contributed by atoms with Crippen molar-refractivity contribution in [2.24, 2.45) is 0 Å². The third-order valence-electron chi connectivity index (χ3n) is 4.44. The van der Waals surface area contributed by atoms with E-state index in [-0.39, 0.29) is 23.8 Å². The van der Waals surface area contributed by atoms with Crippen molar-refractivity contribution in [2.75, 3.05) is 0 Å². The van der Waals surface area contributed by atoms with Gasteiger partial charge >= 0.3 is 0 Å². The molecule has 0 saturated carbocycles. The van der Waals surface area contributed by atoms with E-state index >= 15 is 0 Å². The maximum atomic E-state index is 13.0. The number of nitrogens with one attached hydrogen (secondary N) is 1. The summed E-state index contributed by atoms with van der Waals surface area (Å²) in [6, 6.07) is 19.8. The number of aromatic nitrogens is 2. The van der Waals surface area contributed by atoms with Crippen LogP contribution in [0.3, 0.4) is 0 Å². The first-order valence-corrected chi connectivity index (χ1v) is 8.72. The van der Waals surface area contributed by atoms with Crippen LogP contribution >= 0.6 is 0 Å². The zero-order chi connectivity index (χ0) is 19.5. The normalized spacial score (nSPS) is 10.8. The Bertz CT molecular complexity index is 1220. The number of amides is 1. The van der Waals surface area contributed by atoms with Crippen LogP contribution in [0.15, 0.2) is 83.9 Å². The highest BCUT2D eigenvalue weighted by molar-refractivity contribution is 5.97. The van der Waals surface area contributed by atoms with Crippen molar-refractivity contribution in [3.8, 4) is 5.69 Å². The Balaban J connectivity index is 1.67. The molecule has 4 rings (SSSR count). The number of hydrogen-bond acceptors (Lipinski definition) is 3. The number of carbonyl (C=O) groups is 1. The molecule has 4 aromatic rings. The van der Waals surface area contributed by atoms with Crippen LogP contribution in [-0.2, 0) is 6.54 Å². The lowest BCUT2D eigenvalue weighted by molar-refractivity contribution is 0.0951.